The zero-order valence-electron chi connectivity index (χ0n) is 11.2. The molecule has 18 heavy (non-hydrogen) atoms. The average molecular weight is 254 g/mol. The predicted molar refractivity (Wildman–Crippen MR) is 70.1 cm³/mol. The topological polar surface area (TPSA) is 93.2 Å². The molecule has 0 bridgehead atoms. The van der Waals surface area contributed by atoms with E-state index >= 15 is 0 Å². The molecular weight excluding hydrogens is 232 g/mol. The summed E-state index contributed by atoms with van der Waals surface area (Å²) in [6.45, 7) is 4.50. The SMILES string of the molecule is CCC(CC)(CO)CNC(=O)c1c(N)cnn1C. The fourth-order valence-electron chi connectivity index (χ4n) is 1.86. The van der Waals surface area contributed by atoms with E-state index in [1.807, 2.05) is 13.8 Å². The molecule has 1 heterocycles. The third-order valence-corrected chi connectivity index (χ3v) is 3.64. The van der Waals surface area contributed by atoms with Crippen LogP contribution in [0.4, 0.5) is 5.69 Å². The van der Waals surface area contributed by atoms with Gasteiger partial charge in [-0.2, -0.15) is 5.10 Å². The van der Waals surface area contributed by atoms with Crippen molar-refractivity contribution < 1.29 is 9.90 Å². The Morgan fingerprint density at radius 1 is 1.56 bits per heavy atom. The number of carbonyl (C=O) groups excluding carboxylic acids is 1. The van der Waals surface area contributed by atoms with E-state index in [9.17, 15) is 9.90 Å². The molecule has 0 atom stereocenters. The summed E-state index contributed by atoms with van der Waals surface area (Å²) >= 11 is 0. The Kier molecular flexibility index (Phi) is 4.72. The van der Waals surface area contributed by atoms with Gasteiger partial charge < -0.3 is 16.2 Å². The molecule has 0 saturated heterocycles. The van der Waals surface area contributed by atoms with Crippen LogP contribution in [0.3, 0.4) is 0 Å². The third-order valence-electron chi connectivity index (χ3n) is 3.64. The Bertz CT molecular complexity index is 382. The van der Waals surface area contributed by atoms with Crippen molar-refractivity contribution in [2.75, 3.05) is 18.9 Å². The molecule has 1 amide bonds. The standard InChI is InChI=1S/C12H22N4O2/c1-4-12(5-2,8-17)7-14-11(18)10-9(13)6-15-16(10)3/h6,17H,4-5,7-8,13H2,1-3H3,(H,14,18). The summed E-state index contributed by atoms with van der Waals surface area (Å²) in [4.78, 5) is 12.0. The molecule has 0 aliphatic rings. The van der Waals surface area contributed by atoms with Gasteiger partial charge in [0.1, 0.15) is 5.69 Å². The van der Waals surface area contributed by atoms with E-state index in [0.29, 0.717) is 17.9 Å². The smallest absolute Gasteiger partial charge is 0.271 e. The molecule has 1 aromatic heterocycles. The van der Waals surface area contributed by atoms with Crippen molar-refractivity contribution in [1.82, 2.24) is 15.1 Å². The maximum absolute atomic E-state index is 12.0. The fourth-order valence-corrected chi connectivity index (χ4v) is 1.86. The fraction of sp³-hybridized carbons (Fsp3) is 0.667. The zero-order chi connectivity index (χ0) is 13.8. The van der Waals surface area contributed by atoms with E-state index in [1.54, 1.807) is 7.05 Å². The molecule has 0 unspecified atom stereocenters. The van der Waals surface area contributed by atoms with Crippen LogP contribution in [0.5, 0.6) is 0 Å². The van der Waals surface area contributed by atoms with Crippen LogP contribution >= 0.6 is 0 Å². The summed E-state index contributed by atoms with van der Waals surface area (Å²) in [7, 11) is 1.67. The molecule has 0 saturated carbocycles. The van der Waals surface area contributed by atoms with Crippen molar-refractivity contribution in [2.24, 2.45) is 12.5 Å². The largest absolute Gasteiger partial charge is 0.396 e. The van der Waals surface area contributed by atoms with Gasteiger partial charge in [0, 0.05) is 19.0 Å². The molecule has 1 aromatic rings. The minimum absolute atomic E-state index is 0.0567. The number of aryl methyl sites for hydroxylation is 1. The van der Waals surface area contributed by atoms with Crippen LogP contribution in [0.15, 0.2) is 6.20 Å². The number of nitrogens with one attached hydrogen (secondary N) is 1. The van der Waals surface area contributed by atoms with Gasteiger partial charge in [0.2, 0.25) is 0 Å². The van der Waals surface area contributed by atoms with Crippen LogP contribution in [-0.2, 0) is 7.05 Å². The van der Waals surface area contributed by atoms with Crippen LogP contribution in [0.2, 0.25) is 0 Å². The number of anilines is 1. The van der Waals surface area contributed by atoms with Crippen molar-refractivity contribution >= 4 is 11.6 Å². The minimum Gasteiger partial charge on any atom is -0.396 e. The van der Waals surface area contributed by atoms with Crippen LogP contribution in [0.25, 0.3) is 0 Å². The first-order chi connectivity index (χ1) is 8.49. The number of aliphatic hydroxyl groups excluding tert-OH is 1. The second-order valence-electron chi connectivity index (χ2n) is 4.62. The van der Waals surface area contributed by atoms with Gasteiger partial charge >= 0.3 is 0 Å². The van der Waals surface area contributed by atoms with E-state index in [0.717, 1.165) is 12.8 Å². The highest BCUT2D eigenvalue weighted by atomic mass is 16.3. The van der Waals surface area contributed by atoms with Crippen molar-refractivity contribution in [3.63, 3.8) is 0 Å². The molecule has 6 nitrogen and oxygen atoms in total. The Labute approximate surface area is 107 Å². The molecular formula is C12H22N4O2. The third kappa shape index (κ3) is 2.81. The van der Waals surface area contributed by atoms with E-state index in [1.165, 1.54) is 10.9 Å². The molecule has 102 valence electrons. The number of amides is 1. The lowest BCUT2D eigenvalue weighted by Gasteiger charge is -2.29. The number of hydrogen-bond donors (Lipinski definition) is 3. The second kappa shape index (κ2) is 5.86. The molecule has 6 heteroatoms. The number of nitrogens with zero attached hydrogens (tertiary/aromatic N) is 2. The van der Waals surface area contributed by atoms with Crippen molar-refractivity contribution in [2.45, 2.75) is 26.7 Å². The number of hydrogen-bond acceptors (Lipinski definition) is 4. The summed E-state index contributed by atoms with van der Waals surface area (Å²) in [6.07, 6.45) is 3.07. The number of aliphatic hydroxyl groups is 1. The predicted octanol–water partition coefficient (Wildman–Crippen LogP) is 0.531. The summed E-state index contributed by atoms with van der Waals surface area (Å²) < 4.78 is 1.45. The number of aromatic nitrogens is 2. The Hall–Kier alpha value is -1.56. The van der Waals surface area contributed by atoms with E-state index in [2.05, 4.69) is 10.4 Å². The van der Waals surface area contributed by atoms with Crippen molar-refractivity contribution in [3.05, 3.63) is 11.9 Å². The first-order valence-electron chi connectivity index (χ1n) is 6.16. The molecule has 0 aliphatic heterocycles. The van der Waals surface area contributed by atoms with Crippen LogP contribution in [0, 0.1) is 5.41 Å². The highest BCUT2D eigenvalue weighted by molar-refractivity contribution is 5.97. The first kappa shape index (κ1) is 14.5. The molecule has 1 rings (SSSR count). The van der Waals surface area contributed by atoms with Gasteiger partial charge in [0.05, 0.1) is 18.5 Å². The van der Waals surface area contributed by atoms with Crippen LogP contribution < -0.4 is 11.1 Å². The van der Waals surface area contributed by atoms with Gasteiger partial charge in [-0.3, -0.25) is 9.48 Å². The van der Waals surface area contributed by atoms with Gasteiger partial charge in [0.15, 0.2) is 0 Å². The Balaban J connectivity index is 2.72. The quantitative estimate of drug-likeness (QED) is 0.690. The number of nitrogens with two attached hydrogens (primary N) is 1. The second-order valence-corrected chi connectivity index (χ2v) is 4.62. The summed E-state index contributed by atoms with van der Waals surface area (Å²) in [6, 6.07) is 0. The highest BCUT2D eigenvalue weighted by Gasteiger charge is 2.26. The summed E-state index contributed by atoms with van der Waals surface area (Å²) in [5.41, 5.74) is 6.14. The average Bonchev–Trinajstić information content (AvgIpc) is 2.71. The van der Waals surface area contributed by atoms with Crippen LogP contribution in [0.1, 0.15) is 37.2 Å². The zero-order valence-corrected chi connectivity index (χ0v) is 11.2. The first-order valence-corrected chi connectivity index (χ1v) is 6.16. The van der Waals surface area contributed by atoms with Gasteiger partial charge in [-0.05, 0) is 12.8 Å². The normalized spacial score (nSPS) is 11.6. The Morgan fingerprint density at radius 3 is 2.56 bits per heavy atom. The van der Waals surface area contributed by atoms with Gasteiger partial charge in [-0.15, -0.1) is 0 Å². The summed E-state index contributed by atoms with van der Waals surface area (Å²) in [5.74, 6) is -0.257. The minimum atomic E-state index is -0.261. The van der Waals surface area contributed by atoms with Crippen molar-refractivity contribution in [1.29, 1.82) is 0 Å². The molecule has 0 fully saturated rings. The maximum Gasteiger partial charge on any atom is 0.271 e. The molecule has 0 radical (unpaired) electrons. The highest BCUT2D eigenvalue weighted by Crippen LogP contribution is 2.24. The lowest BCUT2D eigenvalue weighted by atomic mass is 9.83. The number of carbonyl (C=O) groups is 1. The lowest BCUT2D eigenvalue weighted by Crippen LogP contribution is -2.40. The van der Waals surface area contributed by atoms with E-state index in [-0.39, 0.29) is 17.9 Å². The molecule has 0 aromatic carbocycles. The number of nitrogen functional groups attached to an aromatic ring is 1. The number of rotatable bonds is 6. The van der Waals surface area contributed by atoms with Gasteiger partial charge in [-0.1, -0.05) is 13.8 Å². The summed E-state index contributed by atoms with van der Waals surface area (Å²) in [5, 5.41) is 16.2. The monoisotopic (exact) mass is 254 g/mol. The Morgan fingerprint density at radius 2 is 2.17 bits per heavy atom. The maximum atomic E-state index is 12.0. The van der Waals surface area contributed by atoms with Gasteiger partial charge in [0.25, 0.3) is 5.91 Å². The van der Waals surface area contributed by atoms with Crippen molar-refractivity contribution in [3.8, 4) is 0 Å². The van der Waals surface area contributed by atoms with E-state index < -0.39 is 0 Å². The van der Waals surface area contributed by atoms with E-state index in [4.69, 9.17) is 5.73 Å². The lowest BCUT2D eigenvalue weighted by molar-refractivity contribution is 0.0844. The van der Waals surface area contributed by atoms with Gasteiger partial charge in [-0.25, -0.2) is 0 Å². The van der Waals surface area contributed by atoms with Crippen LogP contribution in [-0.4, -0.2) is 33.9 Å². The molecule has 0 aliphatic carbocycles. The molecule has 4 N–H and O–H groups in total. The molecule has 0 spiro atoms.